The Morgan fingerprint density at radius 3 is 2.42 bits per heavy atom. The van der Waals surface area contributed by atoms with E-state index in [4.69, 9.17) is 0 Å². The van der Waals surface area contributed by atoms with E-state index in [0.717, 1.165) is 22.9 Å². The Balaban J connectivity index is 1.44. The molecule has 36 heavy (non-hydrogen) atoms. The van der Waals surface area contributed by atoms with Gasteiger partial charge in [0, 0.05) is 17.8 Å². The van der Waals surface area contributed by atoms with Crippen LogP contribution in [0.1, 0.15) is 28.4 Å². The number of hydrogen-bond acceptors (Lipinski definition) is 6. The third-order valence-corrected chi connectivity index (χ3v) is 5.67. The van der Waals surface area contributed by atoms with Crippen LogP contribution in [0.25, 0.3) is 10.9 Å². The van der Waals surface area contributed by atoms with Gasteiger partial charge in [0.05, 0.1) is 17.4 Å². The highest BCUT2D eigenvalue weighted by Gasteiger charge is 2.28. The van der Waals surface area contributed by atoms with Crippen LogP contribution in [-0.4, -0.2) is 37.1 Å². The molecule has 11 heteroatoms. The molecule has 0 aliphatic rings. The van der Waals surface area contributed by atoms with Gasteiger partial charge in [-0.05, 0) is 54.4 Å². The molecule has 0 aliphatic carbocycles. The summed E-state index contributed by atoms with van der Waals surface area (Å²) in [6.45, 7) is -0.0763. The quantitative estimate of drug-likeness (QED) is 0.343. The number of benzene rings is 3. The number of aliphatic carboxylic acids is 1. The van der Waals surface area contributed by atoms with E-state index < -0.39 is 41.1 Å². The summed E-state index contributed by atoms with van der Waals surface area (Å²) in [5.74, 6) is -5.42. The van der Waals surface area contributed by atoms with Gasteiger partial charge in [-0.15, -0.1) is 5.10 Å². The van der Waals surface area contributed by atoms with Crippen LogP contribution in [0.5, 0.6) is 0 Å². The maximum absolute atomic E-state index is 13.4. The average molecular weight is 494 g/mol. The number of nitrogens with zero attached hydrogens (tertiary/aromatic N) is 3. The second kappa shape index (κ2) is 10.4. The number of fused-ring (bicyclic) bond motifs is 1. The minimum Gasteiger partial charge on any atom is -0.481 e. The first-order valence-electron chi connectivity index (χ1n) is 10.8. The first-order chi connectivity index (χ1) is 17.2. The Morgan fingerprint density at radius 2 is 1.72 bits per heavy atom. The van der Waals surface area contributed by atoms with Crippen molar-refractivity contribution >= 4 is 28.5 Å². The van der Waals surface area contributed by atoms with Crippen molar-refractivity contribution in [1.29, 1.82) is 0 Å². The normalized spacial score (nSPS) is 12.8. The Kier molecular flexibility index (Phi) is 7.11. The third-order valence-electron chi connectivity index (χ3n) is 5.67. The van der Waals surface area contributed by atoms with Crippen molar-refractivity contribution in [2.24, 2.45) is 5.92 Å². The summed E-state index contributed by atoms with van der Waals surface area (Å²) in [5.41, 5.74) is 0.484. The molecule has 0 aliphatic heterocycles. The lowest BCUT2D eigenvalue weighted by molar-refractivity contribution is -0.146. The number of hydrogen-bond donors (Lipinski definition) is 3. The van der Waals surface area contributed by atoms with Gasteiger partial charge in [-0.3, -0.25) is 14.4 Å². The van der Waals surface area contributed by atoms with Crippen molar-refractivity contribution in [2.45, 2.75) is 19.1 Å². The molecule has 0 radical (unpaired) electrons. The van der Waals surface area contributed by atoms with E-state index in [9.17, 15) is 33.4 Å². The first kappa shape index (κ1) is 24.6. The number of rotatable bonds is 8. The number of halogens is 2. The Bertz CT molecular complexity index is 1490. The molecule has 0 spiro atoms. The van der Waals surface area contributed by atoms with Crippen molar-refractivity contribution in [3.8, 4) is 0 Å². The Hall–Kier alpha value is -4.51. The van der Waals surface area contributed by atoms with Gasteiger partial charge in [-0.2, -0.15) is 0 Å². The fourth-order valence-electron chi connectivity index (χ4n) is 3.68. The molecule has 3 N–H and O–H groups in total. The lowest BCUT2D eigenvalue weighted by Gasteiger charge is -2.20. The highest BCUT2D eigenvalue weighted by atomic mass is 19.2. The number of aliphatic hydroxyl groups is 1. The molecule has 1 heterocycles. The number of nitrogens with one attached hydrogen (secondary N) is 1. The van der Waals surface area contributed by atoms with E-state index in [2.05, 4.69) is 15.6 Å². The van der Waals surface area contributed by atoms with E-state index in [1.807, 2.05) is 0 Å². The van der Waals surface area contributed by atoms with Crippen LogP contribution < -0.4 is 10.9 Å². The third kappa shape index (κ3) is 5.26. The summed E-state index contributed by atoms with van der Waals surface area (Å²) in [4.78, 5) is 36.7. The topological polar surface area (TPSA) is 134 Å². The van der Waals surface area contributed by atoms with Crippen LogP contribution in [0.4, 0.5) is 14.5 Å². The summed E-state index contributed by atoms with van der Waals surface area (Å²) in [5, 5.41) is 31.0. The number of aryl methyl sites for hydroxylation is 1. The molecular weight excluding hydrogens is 474 g/mol. The molecule has 0 bridgehead atoms. The molecule has 0 saturated heterocycles. The van der Waals surface area contributed by atoms with Crippen molar-refractivity contribution < 1.29 is 28.6 Å². The number of carboxylic acid groups (broad SMARTS) is 1. The highest BCUT2D eigenvalue weighted by Crippen LogP contribution is 2.27. The molecule has 1 amide bonds. The smallest absolute Gasteiger partial charge is 0.309 e. The van der Waals surface area contributed by atoms with E-state index in [0.29, 0.717) is 16.6 Å². The van der Waals surface area contributed by atoms with E-state index in [-0.39, 0.29) is 24.1 Å². The summed E-state index contributed by atoms with van der Waals surface area (Å²) < 4.78 is 27.5. The molecular formula is C25H20F2N4O5. The molecule has 4 rings (SSSR count). The zero-order valence-corrected chi connectivity index (χ0v) is 18.6. The SMILES string of the molecule is O=C(Nc1ccc([C@@H](O)[C@H](CCn2nnc3ccccc3c2=O)C(=O)O)cc1)c1ccc(F)c(F)c1. The average Bonchev–Trinajstić information content (AvgIpc) is 2.87. The number of anilines is 1. The van der Waals surface area contributed by atoms with Crippen molar-refractivity contribution in [1.82, 2.24) is 15.0 Å². The second-order valence-electron chi connectivity index (χ2n) is 8.02. The monoisotopic (exact) mass is 494 g/mol. The highest BCUT2D eigenvalue weighted by molar-refractivity contribution is 6.04. The predicted molar refractivity (Wildman–Crippen MR) is 125 cm³/mol. The maximum atomic E-state index is 13.4. The van der Waals surface area contributed by atoms with Gasteiger partial charge in [0.2, 0.25) is 0 Å². The van der Waals surface area contributed by atoms with Gasteiger partial charge in [-0.25, -0.2) is 13.5 Å². The van der Waals surface area contributed by atoms with Crippen LogP contribution in [0, 0.1) is 17.6 Å². The largest absolute Gasteiger partial charge is 0.481 e. The molecule has 9 nitrogen and oxygen atoms in total. The van der Waals surface area contributed by atoms with Gasteiger partial charge < -0.3 is 15.5 Å². The Morgan fingerprint density at radius 1 is 1.00 bits per heavy atom. The summed E-state index contributed by atoms with van der Waals surface area (Å²) >= 11 is 0. The molecule has 0 unspecified atom stereocenters. The summed E-state index contributed by atoms with van der Waals surface area (Å²) in [6, 6.07) is 15.1. The summed E-state index contributed by atoms with van der Waals surface area (Å²) in [6.07, 6.45) is -1.51. The number of carboxylic acids is 1. The van der Waals surface area contributed by atoms with Crippen LogP contribution >= 0.6 is 0 Å². The van der Waals surface area contributed by atoms with Crippen LogP contribution in [0.2, 0.25) is 0 Å². The van der Waals surface area contributed by atoms with Crippen molar-refractivity contribution in [2.75, 3.05) is 5.32 Å². The number of amides is 1. The second-order valence-corrected chi connectivity index (χ2v) is 8.02. The van der Waals surface area contributed by atoms with Gasteiger partial charge in [0.25, 0.3) is 11.5 Å². The van der Waals surface area contributed by atoms with Gasteiger partial charge in [0.1, 0.15) is 5.52 Å². The minimum atomic E-state index is -1.41. The standard InChI is InChI=1S/C25H20F2N4O5/c26-19-10-7-15(13-20(19)27)23(33)28-16-8-5-14(6-9-16)22(32)18(25(35)36)11-12-31-24(34)17-3-1-2-4-21(17)29-30-31/h1-10,13,18,22,32H,11-12H2,(H,28,33)(H,35,36)/t18-,22+/m0/s1. The van der Waals surface area contributed by atoms with E-state index in [1.165, 1.54) is 24.3 Å². The summed E-state index contributed by atoms with van der Waals surface area (Å²) in [7, 11) is 0. The van der Waals surface area contributed by atoms with Crippen LogP contribution in [0.15, 0.2) is 71.5 Å². The van der Waals surface area contributed by atoms with E-state index in [1.54, 1.807) is 24.3 Å². The number of carbonyl (C=O) groups excluding carboxylic acids is 1. The molecule has 4 aromatic rings. The van der Waals surface area contributed by atoms with Crippen LogP contribution in [0.3, 0.4) is 0 Å². The fourth-order valence-corrected chi connectivity index (χ4v) is 3.68. The molecule has 0 fully saturated rings. The minimum absolute atomic E-state index is 0.0763. The van der Waals surface area contributed by atoms with Gasteiger partial charge in [0.15, 0.2) is 11.6 Å². The lowest BCUT2D eigenvalue weighted by Crippen LogP contribution is -2.29. The first-order valence-corrected chi connectivity index (χ1v) is 10.8. The number of aliphatic hydroxyl groups excluding tert-OH is 1. The molecule has 1 aromatic heterocycles. The predicted octanol–water partition coefficient (Wildman–Crippen LogP) is 3.15. The molecule has 2 atom stereocenters. The molecule has 3 aromatic carbocycles. The number of aromatic nitrogens is 3. The Labute approximate surface area is 202 Å². The molecule has 0 saturated carbocycles. The zero-order chi connectivity index (χ0) is 25.8. The van der Waals surface area contributed by atoms with E-state index >= 15 is 0 Å². The van der Waals surface area contributed by atoms with Crippen molar-refractivity contribution in [3.05, 3.63) is 99.8 Å². The van der Waals surface area contributed by atoms with Gasteiger partial charge in [-0.1, -0.05) is 29.5 Å². The van der Waals surface area contributed by atoms with Crippen molar-refractivity contribution in [3.63, 3.8) is 0 Å². The lowest BCUT2D eigenvalue weighted by atomic mass is 9.92. The maximum Gasteiger partial charge on any atom is 0.309 e. The zero-order valence-electron chi connectivity index (χ0n) is 18.6. The molecule has 184 valence electrons. The van der Waals surface area contributed by atoms with Gasteiger partial charge >= 0.3 is 5.97 Å². The number of carbonyl (C=O) groups is 2. The fraction of sp³-hybridized carbons (Fsp3) is 0.160. The van der Waals surface area contributed by atoms with Crippen LogP contribution in [-0.2, 0) is 11.3 Å².